The molecule has 10 heavy (non-hydrogen) atoms. The van der Waals surface area contributed by atoms with Crippen LogP contribution in [-0.4, -0.2) is 17.9 Å². The summed E-state index contributed by atoms with van der Waals surface area (Å²) in [6, 6.07) is 0. The summed E-state index contributed by atoms with van der Waals surface area (Å²) in [6.07, 6.45) is 3.22. The quantitative estimate of drug-likeness (QED) is 0.380. The van der Waals surface area contributed by atoms with Crippen molar-refractivity contribution in [3.8, 4) is 0 Å². The van der Waals surface area contributed by atoms with Crippen molar-refractivity contribution in [2.75, 3.05) is 6.61 Å². The van der Waals surface area contributed by atoms with Gasteiger partial charge in [0.25, 0.3) is 6.47 Å². The third-order valence-corrected chi connectivity index (χ3v) is 1.64. The van der Waals surface area contributed by atoms with Gasteiger partial charge >= 0.3 is 0 Å². The van der Waals surface area contributed by atoms with E-state index in [9.17, 15) is 4.79 Å². The Morgan fingerprint density at radius 3 is 2.80 bits per heavy atom. The molecule has 0 fully saturated rings. The fourth-order valence-electron chi connectivity index (χ4n) is 0.659. The molecule has 0 amide bonds. The lowest BCUT2D eigenvalue weighted by Gasteiger charge is -2.00. The van der Waals surface area contributed by atoms with Crippen molar-refractivity contribution in [2.24, 2.45) is 0 Å². The molecule has 0 aliphatic carbocycles. The first-order valence-electron chi connectivity index (χ1n) is 3.46. The molecular weight excluding hydrogens is 196 g/mol. The molecule has 60 valence electrons. The molecule has 0 N–H and O–H groups in total. The van der Waals surface area contributed by atoms with Crippen LogP contribution in [0.4, 0.5) is 0 Å². The van der Waals surface area contributed by atoms with Crippen LogP contribution in [0.1, 0.15) is 26.2 Å². The highest BCUT2D eigenvalue weighted by Crippen LogP contribution is 2.07. The van der Waals surface area contributed by atoms with Gasteiger partial charge in [-0.1, -0.05) is 22.9 Å². The molecular formula is C7H13BrO2. The smallest absolute Gasteiger partial charge is 0.293 e. The van der Waals surface area contributed by atoms with E-state index < -0.39 is 0 Å². The van der Waals surface area contributed by atoms with E-state index in [2.05, 4.69) is 27.6 Å². The van der Waals surface area contributed by atoms with E-state index in [1.165, 1.54) is 0 Å². The van der Waals surface area contributed by atoms with E-state index in [4.69, 9.17) is 0 Å². The zero-order chi connectivity index (χ0) is 7.82. The molecule has 0 saturated carbocycles. The third-order valence-electron chi connectivity index (χ3n) is 1.18. The number of ether oxygens (including phenoxy) is 1. The summed E-state index contributed by atoms with van der Waals surface area (Å²) in [7, 11) is 0. The van der Waals surface area contributed by atoms with Crippen molar-refractivity contribution in [1.29, 1.82) is 0 Å². The van der Waals surface area contributed by atoms with Crippen molar-refractivity contribution < 1.29 is 9.53 Å². The first-order chi connectivity index (χ1) is 4.77. The van der Waals surface area contributed by atoms with Crippen molar-refractivity contribution in [1.82, 2.24) is 0 Å². The first kappa shape index (κ1) is 9.95. The lowest BCUT2D eigenvalue weighted by atomic mass is 10.2. The van der Waals surface area contributed by atoms with E-state index in [0.717, 1.165) is 19.3 Å². The molecule has 0 bridgehead atoms. The molecule has 0 rings (SSSR count). The van der Waals surface area contributed by atoms with Crippen molar-refractivity contribution in [3.05, 3.63) is 0 Å². The summed E-state index contributed by atoms with van der Waals surface area (Å²) in [5.74, 6) is 0. The summed E-state index contributed by atoms with van der Waals surface area (Å²) in [6.45, 7) is 3.17. The van der Waals surface area contributed by atoms with E-state index in [1.54, 1.807) is 0 Å². The summed E-state index contributed by atoms with van der Waals surface area (Å²) < 4.78 is 4.52. The summed E-state index contributed by atoms with van der Waals surface area (Å²) in [5, 5.41) is 0. The summed E-state index contributed by atoms with van der Waals surface area (Å²) in [5.41, 5.74) is 0. The maximum atomic E-state index is 9.67. The van der Waals surface area contributed by atoms with Gasteiger partial charge in [0.1, 0.15) is 0 Å². The van der Waals surface area contributed by atoms with Gasteiger partial charge in [0, 0.05) is 4.83 Å². The van der Waals surface area contributed by atoms with Gasteiger partial charge in [-0.2, -0.15) is 0 Å². The van der Waals surface area contributed by atoms with E-state index >= 15 is 0 Å². The Bertz CT molecular complexity index is 83.7. The Morgan fingerprint density at radius 2 is 2.30 bits per heavy atom. The second kappa shape index (κ2) is 7.06. The van der Waals surface area contributed by atoms with Gasteiger partial charge in [-0.05, 0) is 19.3 Å². The van der Waals surface area contributed by atoms with Crippen LogP contribution in [0, 0.1) is 0 Å². The Balaban J connectivity index is 2.83. The van der Waals surface area contributed by atoms with Crippen molar-refractivity contribution in [3.63, 3.8) is 0 Å². The number of alkyl halides is 1. The fourth-order valence-corrected chi connectivity index (χ4v) is 0.983. The van der Waals surface area contributed by atoms with E-state index in [0.29, 0.717) is 17.9 Å². The number of halogens is 1. The highest BCUT2D eigenvalue weighted by atomic mass is 79.9. The van der Waals surface area contributed by atoms with Crippen LogP contribution >= 0.6 is 15.9 Å². The Kier molecular flexibility index (Phi) is 7.03. The number of rotatable bonds is 6. The van der Waals surface area contributed by atoms with Gasteiger partial charge in [-0.3, -0.25) is 4.79 Å². The van der Waals surface area contributed by atoms with Gasteiger partial charge in [-0.15, -0.1) is 0 Å². The van der Waals surface area contributed by atoms with Crippen LogP contribution in [0.25, 0.3) is 0 Å². The third kappa shape index (κ3) is 7.95. The monoisotopic (exact) mass is 208 g/mol. The van der Waals surface area contributed by atoms with Crippen LogP contribution < -0.4 is 0 Å². The molecule has 2 nitrogen and oxygen atoms in total. The average Bonchev–Trinajstić information content (AvgIpc) is 1.87. The highest BCUT2D eigenvalue weighted by Gasteiger charge is 1.94. The van der Waals surface area contributed by atoms with E-state index in [-0.39, 0.29) is 0 Å². The normalized spacial score (nSPS) is 12.6. The summed E-state index contributed by atoms with van der Waals surface area (Å²) in [4.78, 5) is 10.2. The topological polar surface area (TPSA) is 26.3 Å². The standard InChI is InChI=1S/C7H13BrO2/c1-7(8)4-2-3-5-10-6-9/h6-7H,2-5H2,1H3. The molecule has 0 aromatic carbocycles. The molecule has 0 aromatic rings. The SMILES string of the molecule is CC(Br)CCCCOC=O. The van der Waals surface area contributed by atoms with E-state index in [1.807, 2.05) is 0 Å². The van der Waals surface area contributed by atoms with Crippen molar-refractivity contribution in [2.45, 2.75) is 31.0 Å². The lowest BCUT2D eigenvalue weighted by molar-refractivity contribution is -0.128. The molecule has 0 saturated heterocycles. The molecule has 0 aromatic heterocycles. The summed E-state index contributed by atoms with van der Waals surface area (Å²) >= 11 is 3.43. The number of unbranched alkanes of at least 4 members (excludes halogenated alkanes) is 1. The molecule has 0 spiro atoms. The number of carbonyl (C=O) groups excluding carboxylic acids is 1. The largest absolute Gasteiger partial charge is 0.468 e. The Hall–Kier alpha value is -0.0500. The maximum Gasteiger partial charge on any atom is 0.293 e. The Morgan fingerprint density at radius 1 is 1.60 bits per heavy atom. The Labute approximate surface area is 70.1 Å². The predicted octanol–water partition coefficient (Wildman–Crippen LogP) is 2.11. The van der Waals surface area contributed by atoms with Gasteiger partial charge in [0.2, 0.25) is 0 Å². The molecule has 0 heterocycles. The zero-order valence-corrected chi connectivity index (χ0v) is 7.76. The van der Waals surface area contributed by atoms with Gasteiger partial charge < -0.3 is 4.74 Å². The highest BCUT2D eigenvalue weighted by molar-refractivity contribution is 9.09. The zero-order valence-electron chi connectivity index (χ0n) is 6.18. The van der Waals surface area contributed by atoms with Gasteiger partial charge in [0.05, 0.1) is 6.61 Å². The molecule has 0 radical (unpaired) electrons. The molecule has 0 aliphatic rings. The van der Waals surface area contributed by atoms with Crippen LogP contribution in [-0.2, 0) is 9.53 Å². The van der Waals surface area contributed by atoms with Gasteiger partial charge in [0.15, 0.2) is 0 Å². The second-order valence-corrected chi connectivity index (χ2v) is 3.81. The molecule has 0 aliphatic heterocycles. The minimum absolute atomic E-state index is 0.498. The average molecular weight is 209 g/mol. The maximum absolute atomic E-state index is 9.67. The molecule has 1 atom stereocenters. The minimum atomic E-state index is 0.498. The van der Waals surface area contributed by atoms with Crippen LogP contribution in [0.5, 0.6) is 0 Å². The fraction of sp³-hybridized carbons (Fsp3) is 0.857. The predicted molar refractivity (Wildman–Crippen MR) is 44.3 cm³/mol. The minimum Gasteiger partial charge on any atom is -0.468 e. The molecule has 3 heteroatoms. The first-order valence-corrected chi connectivity index (χ1v) is 4.38. The number of carbonyl (C=O) groups is 1. The number of hydrogen-bond acceptors (Lipinski definition) is 2. The lowest BCUT2D eigenvalue weighted by Crippen LogP contribution is -1.94. The van der Waals surface area contributed by atoms with Crippen LogP contribution in [0.2, 0.25) is 0 Å². The second-order valence-electron chi connectivity index (χ2n) is 2.24. The number of hydrogen-bond donors (Lipinski definition) is 0. The molecule has 1 unspecified atom stereocenters. The van der Waals surface area contributed by atoms with Crippen LogP contribution in [0.15, 0.2) is 0 Å². The van der Waals surface area contributed by atoms with Crippen LogP contribution in [0.3, 0.4) is 0 Å². The van der Waals surface area contributed by atoms with Crippen molar-refractivity contribution >= 4 is 22.4 Å². The van der Waals surface area contributed by atoms with Gasteiger partial charge in [-0.25, -0.2) is 0 Å².